The van der Waals surface area contributed by atoms with Crippen molar-refractivity contribution >= 4 is 11.6 Å². The first-order chi connectivity index (χ1) is 8.95. The van der Waals surface area contributed by atoms with E-state index in [0.29, 0.717) is 6.42 Å². The summed E-state index contributed by atoms with van der Waals surface area (Å²) in [4.78, 5) is 14.4. The zero-order valence-electron chi connectivity index (χ0n) is 11.8. The van der Waals surface area contributed by atoms with Crippen LogP contribution in [-0.4, -0.2) is 35.7 Å². The minimum Gasteiger partial charge on any atom is -0.396 e. The van der Waals surface area contributed by atoms with E-state index < -0.39 is 0 Å². The van der Waals surface area contributed by atoms with Crippen molar-refractivity contribution < 1.29 is 9.90 Å². The van der Waals surface area contributed by atoms with Gasteiger partial charge in [-0.2, -0.15) is 0 Å². The number of amides is 1. The molecule has 104 valence electrons. The van der Waals surface area contributed by atoms with Crippen LogP contribution in [0.2, 0.25) is 0 Å². The summed E-state index contributed by atoms with van der Waals surface area (Å²) in [5.74, 6) is 0.0363. The third-order valence-electron chi connectivity index (χ3n) is 3.61. The highest BCUT2D eigenvalue weighted by Crippen LogP contribution is 2.28. The molecule has 2 rings (SSSR count). The molecule has 0 aromatic heterocycles. The largest absolute Gasteiger partial charge is 0.396 e. The van der Waals surface area contributed by atoms with Crippen molar-refractivity contribution in [3.05, 3.63) is 29.8 Å². The zero-order chi connectivity index (χ0) is 14.0. The number of hydrogen-bond donors (Lipinski definition) is 2. The van der Waals surface area contributed by atoms with Crippen LogP contribution in [0.1, 0.15) is 25.8 Å². The summed E-state index contributed by atoms with van der Waals surface area (Å²) < 4.78 is 0. The molecular formula is C15H22N2O2. The van der Waals surface area contributed by atoms with Gasteiger partial charge in [0.15, 0.2) is 0 Å². The second-order valence-corrected chi connectivity index (χ2v) is 5.77. The number of carbonyl (C=O) groups excluding carboxylic acids is 1. The Morgan fingerprint density at radius 2 is 2.00 bits per heavy atom. The van der Waals surface area contributed by atoms with Gasteiger partial charge in [-0.15, -0.1) is 0 Å². The molecule has 19 heavy (non-hydrogen) atoms. The van der Waals surface area contributed by atoms with Crippen molar-refractivity contribution in [2.45, 2.75) is 38.8 Å². The summed E-state index contributed by atoms with van der Waals surface area (Å²) in [7, 11) is 0. The molecule has 4 heteroatoms. The first-order valence-electron chi connectivity index (χ1n) is 6.71. The first-order valence-corrected chi connectivity index (χ1v) is 6.71. The van der Waals surface area contributed by atoms with Gasteiger partial charge in [0.25, 0.3) is 0 Å². The van der Waals surface area contributed by atoms with Crippen LogP contribution in [0.4, 0.5) is 5.69 Å². The maximum absolute atomic E-state index is 12.6. The Hall–Kier alpha value is -1.39. The van der Waals surface area contributed by atoms with E-state index >= 15 is 0 Å². The third kappa shape index (κ3) is 2.80. The van der Waals surface area contributed by atoms with Crippen molar-refractivity contribution in [3.63, 3.8) is 0 Å². The third-order valence-corrected chi connectivity index (χ3v) is 3.61. The maximum Gasteiger partial charge on any atom is 0.244 e. The van der Waals surface area contributed by atoms with Gasteiger partial charge in [-0.3, -0.25) is 4.79 Å². The van der Waals surface area contributed by atoms with Crippen LogP contribution in [0.15, 0.2) is 24.3 Å². The number of aliphatic hydroxyl groups excluding tert-OH is 1. The molecule has 1 amide bonds. The standard InChI is InChI=1S/C15H22N2O2/c1-11-4-6-12(7-5-11)17-14(19)13(8-9-18)16-10-15(17,2)3/h4-7,13,16,18H,8-10H2,1-3H3. The Kier molecular flexibility index (Phi) is 3.92. The van der Waals surface area contributed by atoms with Crippen LogP contribution in [0, 0.1) is 6.92 Å². The lowest BCUT2D eigenvalue weighted by Crippen LogP contribution is -2.65. The fourth-order valence-electron chi connectivity index (χ4n) is 2.52. The molecule has 0 radical (unpaired) electrons. The fraction of sp³-hybridized carbons (Fsp3) is 0.533. The molecule has 1 aromatic rings. The Bertz CT molecular complexity index is 454. The second-order valence-electron chi connectivity index (χ2n) is 5.77. The van der Waals surface area contributed by atoms with E-state index in [9.17, 15) is 4.79 Å². The van der Waals surface area contributed by atoms with Gasteiger partial charge >= 0.3 is 0 Å². The molecule has 1 saturated heterocycles. The van der Waals surface area contributed by atoms with E-state index in [1.54, 1.807) is 0 Å². The molecule has 1 aromatic carbocycles. The molecule has 1 atom stereocenters. The molecular weight excluding hydrogens is 240 g/mol. The van der Waals surface area contributed by atoms with E-state index in [1.807, 2.05) is 49.9 Å². The molecule has 0 spiro atoms. The van der Waals surface area contributed by atoms with Crippen LogP contribution in [0.3, 0.4) is 0 Å². The summed E-state index contributed by atoms with van der Waals surface area (Å²) in [6.07, 6.45) is 0.456. The average Bonchev–Trinajstić information content (AvgIpc) is 2.35. The normalized spacial score (nSPS) is 22.6. The van der Waals surface area contributed by atoms with E-state index in [0.717, 1.165) is 12.2 Å². The predicted octanol–water partition coefficient (Wildman–Crippen LogP) is 1.46. The molecule has 0 aliphatic carbocycles. The van der Waals surface area contributed by atoms with E-state index in [1.165, 1.54) is 5.56 Å². The molecule has 1 unspecified atom stereocenters. The minimum atomic E-state index is -0.292. The zero-order valence-corrected chi connectivity index (χ0v) is 11.8. The maximum atomic E-state index is 12.6. The van der Waals surface area contributed by atoms with Crippen LogP contribution in [-0.2, 0) is 4.79 Å². The van der Waals surface area contributed by atoms with Crippen molar-refractivity contribution in [2.24, 2.45) is 0 Å². The fourth-order valence-corrected chi connectivity index (χ4v) is 2.52. The summed E-state index contributed by atoms with van der Waals surface area (Å²) >= 11 is 0. The highest BCUT2D eigenvalue weighted by atomic mass is 16.3. The molecule has 2 N–H and O–H groups in total. The number of nitrogens with one attached hydrogen (secondary N) is 1. The van der Waals surface area contributed by atoms with Gasteiger partial charge in [0.2, 0.25) is 5.91 Å². The van der Waals surface area contributed by atoms with Gasteiger partial charge in [0.05, 0.1) is 11.6 Å². The Labute approximate surface area is 114 Å². The van der Waals surface area contributed by atoms with E-state index in [-0.39, 0.29) is 24.1 Å². The van der Waals surface area contributed by atoms with Crippen LogP contribution in [0.25, 0.3) is 0 Å². The number of benzene rings is 1. The Morgan fingerprint density at radius 1 is 1.37 bits per heavy atom. The predicted molar refractivity (Wildman–Crippen MR) is 76.2 cm³/mol. The van der Waals surface area contributed by atoms with Crippen molar-refractivity contribution in [1.82, 2.24) is 5.32 Å². The molecule has 0 bridgehead atoms. The molecule has 1 fully saturated rings. The van der Waals surface area contributed by atoms with Crippen molar-refractivity contribution in [1.29, 1.82) is 0 Å². The smallest absolute Gasteiger partial charge is 0.244 e. The lowest BCUT2D eigenvalue weighted by Gasteiger charge is -2.45. The Balaban J connectivity index is 2.32. The lowest BCUT2D eigenvalue weighted by molar-refractivity contribution is -0.123. The monoisotopic (exact) mass is 262 g/mol. The van der Waals surface area contributed by atoms with Crippen LogP contribution >= 0.6 is 0 Å². The molecule has 4 nitrogen and oxygen atoms in total. The van der Waals surface area contributed by atoms with E-state index in [2.05, 4.69) is 5.32 Å². The number of nitrogens with zero attached hydrogens (tertiary/aromatic N) is 1. The molecule has 1 aliphatic heterocycles. The van der Waals surface area contributed by atoms with Gasteiger partial charge in [-0.25, -0.2) is 0 Å². The average molecular weight is 262 g/mol. The molecule has 0 saturated carbocycles. The second kappa shape index (κ2) is 5.31. The molecule has 1 aliphatic rings. The number of hydrogen-bond acceptors (Lipinski definition) is 3. The summed E-state index contributed by atoms with van der Waals surface area (Å²) in [6.45, 7) is 6.87. The van der Waals surface area contributed by atoms with Crippen LogP contribution < -0.4 is 10.2 Å². The Morgan fingerprint density at radius 3 is 2.58 bits per heavy atom. The minimum absolute atomic E-state index is 0.0194. The van der Waals surface area contributed by atoms with Gasteiger partial charge in [0.1, 0.15) is 0 Å². The summed E-state index contributed by atoms with van der Waals surface area (Å²) in [6, 6.07) is 7.70. The number of aryl methyl sites for hydroxylation is 1. The van der Waals surface area contributed by atoms with Gasteiger partial charge in [-0.05, 0) is 39.3 Å². The topological polar surface area (TPSA) is 52.6 Å². The van der Waals surface area contributed by atoms with Gasteiger partial charge < -0.3 is 15.3 Å². The van der Waals surface area contributed by atoms with Crippen molar-refractivity contribution in [3.8, 4) is 0 Å². The quantitative estimate of drug-likeness (QED) is 0.867. The number of piperazine rings is 1. The highest BCUT2D eigenvalue weighted by molar-refractivity contribution is 5.99. The van der Waals surface area contributed by atoms with E-state index in [4.69, 9.17) is 5.11 Å². The lowest BCUT2D eigenvalue weighted by atomic mass is 9.94. The first kappa shape index (κ1) is 14.0. The van der Waals surface area contributed by atoms with Gasteiger partial charge in [-0.1, -0.05) is 17.7 Å². The summed E-state index contributed by atoms with van der Waals surface area (Å²) in [5.41, 5.74) is 1.83. The number of carbonyl (C=O) groups is 1. The summed E-state index contributed by atoms with van der Waals surface area (Å²) in [5, 5.41) is 12.3. The highest BCUT2D eigenvalue weighted by Gasteiger charge is 2.40. The number of aliphatic hydroxyl groups is 1. The van der Waals surface area contributed by atoms with Crippen LogP contribution in [0.5, 0.6) is 0 Å². The number of rotatable bonds is 3. The van der Waals surface area contributed by atoms with Crippen molar-refractivity contribution in [2.75, 3.05) is 18.1 Å². The van der Waals surface area contributed by atoms with Gasteiger partial charge in [0, 0.05) is 18.8 Å². The molecule has 1 heterocycles. The SMILES string of the molecule is Cc1ccc(N2C(=O)C(CCO)NCC2(C)C)cc1. The number of anilines is 1.